The molecule has 1 fully saturated rings. The van der Waals surface area contributed by atoms with Crippen LogP contribution in [-0.4, -0.2) is 36.5 Å². The van der Waals surface area contributed by atoms with E-state index in [1.807, 2.05) is 19.1 Å². The Kier molecular flexibility index (Phi) is 4.78. The smallest absolute Gasteiger partial charge is 0.238 e. The molecule has 4 heteroatoms. The van der Waals surface area contributed by atoms with Crippen LogP contribution in [0.25, 0.3) is 0 Å². The number of likely N-dealkylation sites (tertiary alicyclic amines) is 1. The molecule has 0 aliphatic carbocycles. The van der Waals surface area contributed by atoms with E-state index in [4.69, 9.17) is 5.73 Å². The summed E-state index contributed by atoms with van der Waals surface area (Å²) in [6.45, 7) is 8.34. The van der Waals surface area contributed by atoms with Crippen LogP contribution in [-0.2, 0) is 4.79 Å². The highest BCUT2D eigenvalue weighted by molar-refractivity contribution is 5.93. The normalized spacial score (nSPS) is 23.0. The molecule has 1 aliphatic rings. The van der Waals surface area contributed by atoms with E-state index in [0.717, 1.165) is 24.2 Å². The van der Waals surface area contributed by atoms with E-state index < -0.39 is 0 Å². The van der Waals surface area contributed by atoms with Crippen molar-refractivity contribution in [2.75, 3.05) is 25.0 Å². The molecule has 1 aliphatic heterocycles. The average molecular weight is 275 g/mol. The van der Waals surface area contributed by atoms with Crippen molar-refractivity contribution in [2.45, 2.75) is 33.2 Å². The molecule has 2 unspecified atom stereocenters. The Balaban J connectivity index is 1.94. The Labute approximate surface area is 121 Å². The lowest BCUT2D eigenvalue weighted by molar-refractivity contribution is -0.117. The van der Waals surface area contributed by atoms with Crippen LogP contribution in [0.1, 0.15) is 24.5 Å². The third kappa shape index (κ3) is 3.38. The zero-order valence-corrected chi connectivity index (χ0v) is 12.6. The van der Waals surface area contributed by atoms with Gasteiger partial charge in [-0.1, -0.05) is 12.1 Å². The van der Waals surface area contributed by atoms with Gasteiger partial charge in [-0.3, -0.25) is 9.69 Å². The van der Waals surface area contributed by atoms with Gasteiger partial charge >= 0.3 is 0 Å². The van der Waals surface area contributed by atoms with Crippen LogP contribution in [0.5, 0.6) is 0 Å². The minimum Gasteiger partial charge on any atom is -0.330 e. The largest absolute Gasteiger partial charge is 0.330 e. The first-order chi connectivity index (χ1) is 9.51. The van der Waals surface area contributed by atoms with Gasteiger partial charge in [0.05, 0.1) is 6.54 Å². The molecule has 0 radical (unpaired) electrons. The maximum atomic E-state index is 12.2. The first-order valence-corrected chi connectivity index (χ1v) is 7.31. The van der Waals surface area contributed by atoms with E-state index in [1.165, 1.54) is 5.56 Å². The molecule has 20 heavy (non-hydrogen) atoms. The second kappa shape index (κ2) is 6.37. The quantitative estimate of drug-likeness (QED) is 0.882. The number of carbonyl (C=O) groups excluding carboxylic acids is 1. The van der Waals surface area contributed by atoms with Gasteiger partial charge in [-0.15, -0.1) is 0 Å². The number of benzene rings is 1. The van der Waals surface area contributed by atoms with Crippen LogP contribution >= 0.6 is 0 Å². The van der Waals surface area contributed by atoms with Crippen molar-refractivity contribution >= 4 is 11.6 Å². The Morgan fingerprint density at radius 2 is 2.20 bits per heavy atom. The Bertz CT molecular complexity index is 487. The van der Waals surface area contributed by atoms with Gasteiger partial charge in [0, 0.05) is 18.3 Å². The summed E-state index contributed by atoms with van der Waals surface area (Å²) >= 11 is 0. The summed E-state index contributed by atoms with van der Waals surface area (Å²) in [5, 5.41) is 3.02. The third-order valence-electron chi connectivity index (χ3n) is 4.35. The van der Waals surface area contributed by atoms with E-state index in [9.17, 15) is 4.79 Å². The third-order valence-corrected chi connectivity index (χ3v) is 4.35. The van der Waals surface area contributed by atoms with Crippen molar-refractivity contribution < 1.29 is 4.79 Å². The molecule has 110 valence electrons. The van der Waals surface area contributed by atoms with E-state index in [-0.39, 0.29) is 5.91 Å². The number of hydrogen-bond donors (Lipinski definition) is 2. The fourth-order valence-corrected chi connectivity index (χ4v) is 2.87. The molecule has 2 rings (SSSR count). The SMILES string of the molecule is Cc1cccc(NC(=O)CN2CC(CN)CC2C)c1C. The molecule has 1 saturated heterocycles. The molecule has 0 aromatic heterocycles. The lowest BCUT2D eigenvalue weighted by Crippen LogP contribution is -2.36. The topological polar surface area (TPSA) is 58.4 Å². The number of nitrogens with zero attached hydrogens (tertiary/aromatic N) is 1. The van der Waals surface area contributed by atoms with Crippen molar-refractivity contribution in [3.05, 3.63) is 29.3 Å². The summed E-state index contributed by atoms with van der Waals surface area (Å²) in [7, 11) is 0. The van der Waals surface area contributed by atoms with Gasteiger partial charge in [0.25, 0.3) is 0 Å². The van der Waals surface area contributed by atoms with Gasteiger partial charge in [-0.2, -0.15) is 0 Å². The first kappa shape index (κ1) is 15.0. The maximum absolute atomic E-state index is 12.2. The minimum atomic E-state index is 0.0585. The summed E-state index contributed by atoms with van der Waals surface area (Å²) in [6, 6.07) is 6.42. The number of nitrogens with two attached hydrogens (primary N) is 1. The Morgan fingerprint density at radius 1 is 1.45 bits per heavy atom. The number of hydrogen-bond acceptors (Lipinski definition) is 3. The van der Waals surface area contributed by atoms with Crippen molar-refractivity contribution in [1.82, 2.24) is 4.90 Å². The number of aryl methyl sites for hydroxylation is 1. The number of nitrogens with one attached hydrogen (secondary N) is 1. The summed E-state index contributed by atoms with van der Waals surface area (Å²) in [6.07, 6.45) is 1.09. The molecule has 1 amide bonds. The fourth-order valence-electron chi connectivity index (χ4n) is 2.87. The van der Waals surface area contributed by atoms with Crippen LogP contribution in [0.3, 0.4) is 0 Å². The van der Waals surface area contributed by atoms with Crippen LogP contribution in [0.2, 0.25) is 0 Å². The molecule has 1 aromatic rings. The minimum absolute atomic E-state index is 0.0585. The summed E-state index contributed by atoms with van der Waals surface area (Å²) in [5.74, 6) is 0.585. The lowest BCUT2D eigenvalue weighted by atomic mass is 10.1. The molecule has 4 nitrogen and oxygen atoms in total. The number of amides is 1. The van der Waals surface area contributed by atoms with Crippen molar-refractivity contribution in [3.8, 4) is 0 Å². The highest BCUT2D eigenvalue weighted by Crippen LogP contribution is 2.22. The molecule has 1 heterocycles. The van der Waals surface area contributed by atoms with Gasteiger partial charge in [0.2, 0.25) is 5.91 Å². The van der Waals surface area contributed by atoms with Crippen LogP contribution in [0.15, 0.2) is 18.2 Å². The van der Waals surface area contributed by atoms with Gasteiger partial charge in [0.15, 0.2) is 0 Å². The molecule has 1 aromatic carbocycles. The van der Waals surface area contributed by atoms with E-state index in [1.54, 1.807) is 0 Å². The maximum Gasteiger partial charge on any atom is 0.238 e. The zero-order valence-electron chi connectivity index (χ0n) is 12.6. The average Bonchev–Trinajstić information content (AvgIpc) is 2.76. The summed E-state index contributed by atoms with van der Waals surface area (Å²) in [4.78, 5) is 14.4. The molecule has 3 N–H and O–H groups in total. The van der Waals surface area contributed by atoms with E-state index >= 15 is 0 Å². The molecule has 2 atom stereocenters. The van der Waals surface area contributed by atoms with Crippen molar-refractivity contribution in [2.24, 2.45) is 11.7 Å². The second-order valence-electron chi connectivity index (χ2n) is 5.91. The molecular weight excluding hydrogens is 250 g/mol. The van der Waals surface area contributed by atoms with E-state index in [0.29, 0.717) is 25.0 Å². The standard InChI is InChI=1S/C16H25N3O/c1-11-5-4-6-15(13(11)3)18-16(20)10-19-9-14(8-17)7-12(19)2/h4-6,12,14H,7-10,17H2,1-3H3,(H,18,20). The van der Waals surface area contributed by atoms with E-state index in [2.05, 4.69) is 30.1 Å². The van der Waals surface area contributed by atoms with Gasteiger partial charge in [-0.25, -0.2) is 0 Å². The second-order valence-corrected chi connectivity index (χ2v) is 5.91. The van der Waals surface area contributed by atoms with Crippen LogP contribution < -0.4 is 11.1 Å². The van der Waals surface area contributed by atoms with Gasteiger partial charge in [-0.05, 0) is 56.8 Å². The Morgan fingerprint density at radius 3 is 2.85 bits per heavy atom. The van der Waals surface area contributed by atoms with Gasteiger partial charge in [0.1, 0.15) is 0 Å². The predicted octanol–water partition coefficient (Wildman–Crippen LogP) is 1.91. The number of rotatable bonds is 4. The predicted molar refractivity (Wildman–Crippen MR) is 82.7 cm³/mol. The molecule has 0 saturated carbocycles. The molecular formula is C16H25N3O. The zero-order chi connectivity index (χ0) is 14.7. The number of carbonyl (C=O) groups is 1. The highest BCUT2D eigenvalue weighted by atomic mass is 16.2. The number of anilines is 1. The molecule has 0 spiro atoms. The monoisotopic (exact) mass is 275 g/mol. The van der Waals surface area contributed by atoms with Gasteiger partial charge < -0.3 is 11.1 Å². The highest BCUT2D eigenvalue weighted by Gasteiger charge is 2.29. The van der Waals surface area contributed by atoms with Crippen molar-refractivity contribution in [3.63, 3.8) is 0 Å². The van der Waals surface area contributed by atoms with Crippen LogP contribution in [0.4, 0.5) is 5.69 Å². The van der Waals surface area contributed by atoms with Crippen molar-refractivity contribution in [1.29, 1.82) is 0 Å². The summed E-state index contributed by atoms with van der Waals surface area (Å²) in [5.41, 5.74) is 8.97. The lowest BCUT2D eigenvalue weighted by Gasteiger charge is -2.20. The Hall–Kier alpha value is -1.39. The molecule has 0 bridgehead atoms. The van der Waals surface area contributed by atoms with Crippen LogP contribution in [0, 0.1) is 19.8 Å². The first-order valence-electron chi connectivity index (χ1n) is 7.31. The summed E-state index contributed by atoms with van der Waals surface area (Å²) < 4.78 is 0. The fraction of sp³-hybridized carbons (Fsp3) is 0.562.